The molecule has 1 aliphatic rings. The zero-order valence-corrected chi connectivity index (χ0v) is 16.7. The van der Waals surface area contributed by atoms with Gasteiger partial charge >= 0.3 is 0 Å². The van der Waals surface area contributed by atoms with Gasteiger partial charge in [-0.2, -0.15) is 0 Å². The number of hydrogen-bond donors (Lipinski definition) is 1. The van der Waals surface area contributed by atoms with Gasteiger partial charge in [0.1, 0.15) is 12.0 Å². The van der Waals surface area contributed by atoms with Crippen LogP contribution in [0.4, 0.5) is 0 Å². The summed E-state index contributed by atoms with van der Waals surface area (Å²) in [5, 5.41) is 2.87. The molecule has 2 aromatic carbocycles. The number of amides is 1. The number of carbonyl (C=O) groups is 2. The van der Waals surface area contributed by atoms with Crippen LogP contribution in [0.1, 0.15) is 52.5 Å². The van der Waals surface area contributed by atoms with Crippen LogP contribution in [0.15, 0.2) is 48.5 Å². The molecule has 0 aromatic heterocycles. The third-order valence-electron chi connectivity index (χ3n) is 4.86. The fourth-order valence-electron chi connectivity index (χ4n) is 3.18. The molecule has 0 atom stereocenters. The highest BCUT2D eigenvalue weighted by Gasteiger charge is 2.39. The van der Waals surface area contributed by atoms with E-state index in [1.165, 1.54) is 0 Å². The van der Waals surface area contributed by atoms with Crippen molar-refractivity contribution in [1.29, 1.82) is 0 Å². The van der Waals surface area contributed by atoms with Crippen molar-refractivity contribution in [2.75, 3.05) is 26.4 Å². The topological polar surface area (TPSA) is 73.9 Å². The lowest BCUT2D eigenvalue weighted by Crippen LogP contribution is -2.41. The molecule has 29 heavy (non-hydrogen) atoms. The third kappa shape index (κ3) is 5.43. The minimum atomic E-state index is -1.01. The minimum absolute atomic E-state index is 0.179. The standard InChI is InChI=1S/C23H27NO5/c1-2-3-4-13-27-21-11-9-20(10-12-21)23(28-14-15-29-23)17-24-22(26)19-7-5-18(16-25)6-8-19/h5-12,16H,2-4,13-15,17H2,1H3,(H,24,26). The zero-order valence-electron chi connectivity index (χ0n) is 16.7. The Hall–Kier alpha value is -2.70. The lowest BCUT2D eigenvalue weighted by molar-refractivity contribution is -0.160. The molecule has 0 unspecified atom stereocenters. The molecule has 6 heteroatoms. The lowest BCUT2D eigenvalue weighted by Gasteiger charge is -2.28. The van der Waals surface area contributed by atoms with Gasteiger partial charge in [-0.3, -0.25) is 9.59 Å². The Balaban J connectivity index is 1.63. The van der Waals surface area contributed by atoms with E-state index in [0.29, 0.717) is 30.9 Å². The summed E-state index contributed by atoms with van der Waals surface area (Å²) in [6.45, 7) is 3.95. The fraction of sp³-hybridized carbons (Fsp3) is 0.391. The molecule has 1 aliphatic heterocycles. The maximum absolute atomic E-state index is 12.5. The van der Waals surface area contributed by atoms with E-state index < -0.39 is 5.79 Å². The van der Waals surface area contributed by atoms with Gasteiger partial charge in [0, 0.05) is 16.7 Å². The van der Waals surface area contributed by atoms with E-state index in [1.807, 2.05) is 24.3 Å². The van der Waals surface area contributed by atoms with Crippen molar-refractivity contribution in [2.45, 2.75) is 32.0 Å². The first-order valence-electron chi connectivity index (χ1n) is 10.0. The first kappa shape index (κ1) is 21.0. The molecule has 1 fully saturated rings. The molecule has 1 amide bonds. The van der Waals surface area contributed by atoms with Crippen molar-refractivity contribution < 1.29 is 23.8 Å². The fourth-order valence-corrected chi connectivity index (χ4v) is 3.18. The minimum Gasteiger partial charge on any atom is -0.494 e. The average molecular weight is 397 g/mol. The highest BCUT2D eigenvalue weighted by molar-refractivity contribution is 5.94. The molecule has 0 radical (unpaired) electrons. The zero-order chi connectivity index (χ0) is 20.5. The van der Waals surface area contributed by atoms with Crippen LogP contribution in [-0.4, -0.2) is 38.6 Å². The molecule has 0 bridgehead atoms. The molecule has 1 N–H and O–H groups in total. The number of carbonyl (C=O) groups excluding carboxylic acids is 2. The van der Waals surface area contributed by atoms with E-state index >= 15 is 0 Å². The summed E-state index contributed by atoms with van der Waals surface area (Å²) in [6, 6.07) is 14.1. The molecular formula is C23H27NO5. The van der Waals surface area contributed by atoms with Gasteiger partial charge in [-0.15, -0.1) is 0 Å². The maximum atomic E-state index is 12.5. The first-order valence-corrected chi connectivity index (χ1v) is 10.0. The van der Waals surface area contributed by atoms with Crippen molar-refractivity contribution in [3.8, 4) is 5.75 Å². The molecule has 154 valence electrons. The van der Waals surface area contributed by atoms with E-state index in [0.717, 1.165) is 36.9 Å². The predicted octanol–water partition coefficient (Wildman–Crippen LogP) is 3.70. The summed E-state index contributed by atoms with van der Waals surface area (Å²) in [7, 11) is 0. The Morgan fingerprint density at radius 3 is 2.38 bits per heavy atom. The number of nitrogens with one attached hydrogen (secondary N) is 1. The molecule has 2 aromatic rings. The Bertz CT molecular complexity index is 795. The number of unbranched alkanes of at least 4 members (excludes halogenated alkanes) is 2. The summed E-state index contributed by atoms with van der Waals surface area (Å²) in [5.74, 6) is -0.465. The smallest absolute Gasteiger partial charge is 0.251 e. The lowest BCUT2D eigenvalue weighted by atomic mass is 10.0. The molecule has 6 nitrogen and oxygen atoms in total. The molecule has 0 spiro atoms. The van der Waals surface area contributed by atoms with Crippen molar-refractivity contribution in [3.63, 3.8) is 0 Å². The Kier molecular flexibility index (Phi) is 7.38. The molecule has 0 saturated carbocycles. The molecule has 3 rings (SSSR count). The van der Waals surface area contributed by atoms with Gasteiger partial charge in [-0.1, -0.05) is 31.9 Å². The van der Waals surface area contributed by atoms with Crippen LogP contribution in [0.25, 0.3) is 0 Å². The summed E-state index contributed by atoms with van der Waals surface area (Å²) in [4.78, 5) is 23.2. The summed E-state index contributed by atoms with van der Waals surface area (Å²) in [6.07, 6.45) is 4.09. The van der Waals surface area contributed by atoms with Gasteiger partial charge in [0.15, 0.2) is 0 Å². The Morgan fingerprint density at radius 2 is 1.76 bits per heavy atom. The van der Waals surface area contributed by atoms with Crippen LogP contribution in [0, 0.1) is 0 Å². The largest absolute Gasteiger partial charge is 0.494 e. The van der Waals surface area contributed by atoms with Crippen molar-refractivity contribution in [3.05, 3.63) is 65.2 Å². The van der Waals surface area contributed by atoms with Gasteiger partial charge in [0.05, 0.1) is 26.4 Å². The number of benzene rings is 2. The second-order valence-corrected chi connectivity index (χ2v) is 6.95. The predicted molar refractivity (Wildman–Crippen MR) is 109 cm³/mol. The van der Waals surface area contributed by atoms with Crippen LogP contribution < -0.4 is 10.1 Å². The SMILES string of the molecule is CCCCCOc1ccc(C2(CNC(=O)c3ccc(C=O)cc3)OCCO2)cc1. The Labute approximate surface area is 171 Å². The van der Waals surface area contributed by atoms with E-state index in [9.17, 15) is 9.59 Å². The number of aldehydes is 1. The van der Waals surface area contributed by atoms with Gasteiger partial charge in [-0.05, 0) is 42.8 Å². The van der Waals surface area contributed by atoms with Crippen molar-refractivity contribution in [2.24, 2.45) is 0 Å². The van der Waals surface area contributed by atoms with E-state index in [-0.39, 0.29) is 12.5 Å². The second-order valence-electron chi connectivity index (χ2n) is 6.95. The van der Waals surface area contributed by atoms with Crippen LogP contribution in [0.3, 0.4) is 0 Å². The van der Waals surface area contributed by atoms with Crippen LogP contribution in [0.2, 0.25) is 0 Å². The normalized spacial score (nSPS) is 15.1. The summed E-state index contributed by atoms with van der Waals surface area (Å²) >= 11 is 0. The second kappa shape index (κ2) is 10.2. The van der Waals surface area contributed by atoms with E-state index in [2.05, 4.69) is 12.2 Å². The number of hydrogen-bond acceptors (Lipinski definition) is 5. The van der Waals surface area contributed by atoms with E-state index in [4.69, 9.17) is 14.2 Å². The first-order chi connectivity index (χ1) is 14.2. The molecule has 1 heterocycles. The monoisotopic (exact) mass is 397 g/mol. The van der Waals surface area contributed by atoms with Gasteiger partial charge in [-0.25, -0.2) is 0 Å². The summed E-state index contributed by atoms with van der Waals surface area (Å²) in [5.41, 5.74) is 1.82. The van der Waals surface area contributed by atoms with Crippen LogP contribution in [0.5, 0.6) is 5.75 Å². The van der Waals surface area contributed by atoms with Crippen LogP contribution >= 0.6 is 0 Å². The third-order valence-corrected chi connectivity index (χ3v) is 4.86. The Morgan fingerprint density at radius 1 is 1.07 bits per heavy atom. The van der Waals surface area contributed by atoms with Gasteiger partial charge in [0.2, 0.25) is 5.79 Å². The van der Waals surface area contributed by atoms with E-state index in [1.54, 1.807) is 24.3 Å². The summed E-state index contributed by atoms with van der Waals surface area (Å²) < 4.78 is 17.5. The highest BCUT2D eigenvalue weighted by atomic mass is 16.7. The number of ether oxygens (including phenoxy) is 3. The maximum Gasteiger partial charge on any atom is 0.251 e. The van der Waals surface area contributed by atoms with Gasteiger partial charge in [0.25, 0.3) is 5.91 Å². The quantitative estimate of drug-likeness (QED) is 0.489. The van der Waals surface area contributed by atoms with Crippen molar-refractivity contribution in [1.82, 2.24) is 5.32 Å². The number of rotatable bonds is 10. The van der Waals surface area contributed by atoms with Crippen molar-refractivity contribution >= 4 is 12.2 Å². The molecule has 1 saturated heterocycles. The van der Waals surface area contributed by atoms with Gasteiger partial charge < -0.3 is 19.5 Å². The highest BCUT2D eigenvalue weighted by Crippen LogP contribution is 2.32. The van der Waals surface area contributed by atoms with Crippen LogP contribution in [-0.2, 0) is 15.3 Å². The molecule has 0 aliphatic carbocycles. The average Bonchev–Trinajstić information content (AvgIpc) is 3.26. The molecular weight excluding hydrogens is 370 g/mol.